The summed E-state index contributed by atoms with van der Waals surface area (Å²) in [4.78, 5) is 0. The molecule has 0 heterocycles. The van der Waals surface area contributed by atoms with Gasteiger partial charge in [-0.05, 0) is 23.7 Å². The third kappa shape index (κ3) is 7.41. The van der Waals surface area contributed by atoms with Gasteiger partial charge in [0.2, 0.25) is 0 Å². The Labute approximate surface area is 91.5 Å². The van der Waals surface area contributed by atoms with Crippen LogP contribution in [0.1, 0.15) is 67.2 Å². The number of hydrogen-bond donors (Lipinski definition) is 0. The highest BCUT2D eigenvalue weighted by atomic mass is 14.2. The lowest BCUT2D eigenvalue weighted by atomic mass is 9.88. The Balaban J connectivity index is 3.48. The summed E-state index contributed by atoms with van der Waals surface area (Å²) in [6.07, 6.45) is 5.66. The number of hydrogen-bond acceptors (Lipinski definition) is 0. The van der Waals surface area contributed by atoms with Crippen molar-refractivity contribution in [2.45, 2.75) is 67.2 Å². The second-order valence-corrected chi connectivity index (χ2v) is 5.88. The maximum absolute atomic E-state index is 2.41. The normalized spacial score (nSPS) is 16.3. The molecule has 0 aromatic heterocycles. The Kier molecular flexibility index (Phi) is 7.31. The smallest absolute Gasteiger partial charge is 0.0420 e. The monoisotopic (exact) mass is 198 g/mol. The first-order valence-corrected chi connectivity index (χ1v) is 6.43. The van der Waals surface area contributed by atoms with Gasteiger partial charge in [-0.1, -0.05) is 67.2 Å². The second kappa shape index (κ2) is 7.31. The molecule has 0 aliphatic carbocycles. The Morgan fingerprint density at radius 2 is 1.14 bits per heavy atom. The lowest BCUT2D eigenvalue weighted by molar-refractivity contribution is 0.333. The summed E-state index contributed by atoms with van der Waals surface area (Å²) >= 11 is 0. The maximum Gasteiger partial charge on any atom is -0.0420 e. The van der Waals surface area contributed by atoms with Gasteiger partial charge in [-0.2, -0.15) is 0 Å². The minimum atomic E-state index is 0.854. The Hall–Kier alpha value is 0. The molecule has 0 aromatic carbocycles. The van der Waals surface area contributed by atoms with Crippen LogP contribution in [0.15, 0.2) is 0 Å². The zero-order valence-electron chi connectivity index (χ0n) is 11.1. The lowest BCUT2D eigenvalue weighted by Crippen LogP contribution is -2.06. The van der Waals surface area contributed by atoms with Gasteiger partial charge in [0.15, 0.2) is 0 Å². The van der Waals surface area contributed by atoms with Crippen molar-refractivity contribution in [3.8, 4) is 0 Å². The molecular formula is C14H30. The SMILES string of the molecule is CC(C)CCC(C)CCC(C)C(C)C. The molecule has 0 fully saturated rings. The average Bonchev–Trinajstić information content (AvgIpc) is 2.10. The van der Waals surface area contributed by atoms with Crippen LogP contribution in [0.5, 0.6) is 0 Å². The van der Waals surface area contributed by atoms with Gasteiger partial charge in [0.05, 0.1) is 0 Å². The fourth-order valence-corrected chi connectivity index (χ4v) is 1.64. The van der Waals surface area contributed by atoms with Crippen molar-refractivity contribution < 1.29 is 0 Å². The van der Waals surface area contributed by atoms with Crippen molar-refractivity contribution in [3.05, 3.63) is 0 Å². The molecular weight excluding hydrogens is 168 g/mol. The van der Waals surface area contributed by atoms with E-state index in [9.17, 15) is 0 Å². The molecule has 2 unspecified atom stereocenters. The Morgan fingerprint density at radius 3 is 1.57 bits per heavy atom. The zero-order chi connectivity index (χ0) is 11.1. The molecule has 0 nitrogen and oxygen atoms in total. The van der Waals surface area contributed by atoms with Crippen LogP contribution in [0.4, 0.5) is 0 Å². The van der Waals surface area contributed by atoms with Crippen molar-refractivity contribution in [2.24, 2.45) is 23.7 Å². The topological polar surface area (TPSA) is 0 Å². The highest BCUT2D eigenvalue weighted by Gasteiger charge is 2.10. The molecule has 0 rings (SSSR count). The second-order valence-electron chi connectivity index (χ2n) is 5.88. The molecule has 0 saturated carbocycles. The van der Waals surface area contributed by atoms with E-state index in [0.29, 0.717) is 0 Å². The predicted molar refractivity (Wildman–Crippen MR) is 66.5 cm³/mol. The summed E-state index contributed by atoms with van der Waals surface area (Å²) in [5, 5.41) is 0. The van der Waals surface area contributed by atoms with Gasteiger partial charge in [0.25, 0.3) is 0 Å². The molecule has 0 aromatic rings. The van der Waals surface area contributed by atoms with Gasteiger partial charge in [-0.15, -0.1) is 0 Å². The molecule has 86 valence electrons. The third-order valence-electron chi connectivity index (χ3n) is 3.49. The van der Waals surface area contributed by atoms with E-state index in [2.05, 4.69) is 41.5 Å². The summed E-state index contributed by atoms with van der Waals surface area (Å²) in [5.41, 5.74) is 0. The fraction of sp³-hybridized carbons (Fsp3) is 1.00. The molecule has 0 bridgehead atoms. The summed E-state index contributed by atoms with van der Waals surface area (Å²) in [5.74, 6) is 3.56. The summed E-state index contributed by atoms with van der Waals surface area (Å²) < 4.78 is 0. The third-order valence-corrected chi connectivity index (χ3v) is 3.49. The summed E-state index contributed by atoms with van der Waals surface area (Å²) in [6.45, 7) is 14.1. The zero-order valence-corrected chi connectivity index (χ0v) is 11.1. The first-order valence-electron chi connectivity index (χ1n) is 6.43. The Bertz CT molecular complexity index is 124. The van der Waals surface area contributed by atoms with Gasteiger partial charge in [-0.25, -0.2) is 0 Å². The van der Waals surface area contributed by atoms with Crippen LogP contribution in [0, 0.1) is 23.7 Å². The average molecular weight is 198 g/mol. The minimum absolute atomic E-state index is 0.854. The maximum atomic E-state index is 2.41. The molecule has 0 N–H and O–H groups in total. The van der Waals surface area contributed by atoms with Crippen LogP contribution < -0.4 is 0 Å². The van der Waals surface area contributed by atoms with Gasteiger partial charge < -0.3 is 0 Å². The van der Waals surface area contributed by atoms with Crippen molar-refractivity contribution in [2.75, 3.05) is 0 Å². The van der Waals surface area contributed by atoms with Crippen molar-refractivity contribution in [1.29, 1.82) is 0 Å². The highest BCUT2D eigenvalue weighted by Crippen LogP contribution is 2.22. The van der Waals surface area contributed by atoms with E-state index in [-0.39, 0.29) is 0 Å². The highest BCUT2D eigenvalue weighted by molar-refractivity contribution is 4.61. The van der Waals surface area contributed by atoms with E-state index < -0.39 is 0 Å². The first-order chi connectivity index (χ1) is 6.43. The minimum Gasteiger partial charge on any atom is -0.0628 e. The molecule has 0 aliphatic rings. The van der Waals surface area contributed by atoms with E-state index >= 15 is 0 Å². The largest absolute Gasteiger partial charge is 0.0628 e. The van der Waals surface area contributed by atoms with Crippen LogP contribution >= 0.6 is 0 Å². The van der Waals surface area contributed by atoms with Gasteiger partial charge in [0.1, 0.15) is 0 Å². The molecule has 0 saturated heterocycles. The predicted octanol–water partition coefficient (Wildman–Crippen LogP) is 5.13. The molecule has 0 aliphatic heterocycles. The van der Waals surface area contributed by atoms with E-state index in [4.69, 9.17) is 0 Å². The molecule has 14 heavy (non-hydrogen) atoms. The quantitative estimate of drug-likeness (QED) is 0.532. The van der Waals surface area contributed by atoms with Crippen molar-refractivity contribution in [3.63, 3.8) is 0 Å². The number of rotatable bonds is 7. The van der Waals surface area contributed by atoms with Crippen LogP contribution in [-0.4, -0.2) is 0 Å². The molecule has 0 spiro atoms. The van der Waals surface area contributed by atoms with Crippen LogP contribution in [0.25, 0.3) is 0 Å². The van der Waals surface area contributed by atoms with E-state index in [1.54, 1.807) is 0 Å². The summed E-state index contributed by atoms with van der Waals surface area (Å²) in [7, 11) is 0. The van der Waals surface area contributed by atoms with Gasteiger partial charge in [0, 0.05) is 0 Å². The van der Waals surface area contributed by atoms with Crippen LogP contribution in [0.3, 0.4) is 0 Å². The van der Waals surface area contributed by atoms with E-state index in [1.807, 2.05) is 0 Å². The molecule has 0 amide bonds. The molecule has 2 atom stereocenters. The van der Waals surface area contributed by atoms with Crippen molar-refractivity contribution >= 4 is 0 Å². The van der Waals surface area contributed by atoms with E-state index in [0.717, 1.165) is 23.7 Å². The standard InChI is InChI=1S/C14H30/c1-11(2)7-8-13(5)9-10-14(6)12(3)4/h11-14H,7-10H2,1-6H3. The van der Waals surface area contributed by atoms with Gasteiger partial charge in [-0.3, -0.25) is 0 Å². The summed E-state index contributed by atoms with van der Waals surface area (Å²) in [6, 6.07) is 0. The van der Waals surface area contributed by atoms with Crippen LogP contribution in [0.2, 0.25) is 0 Å². The lowest BCUT2D eigenvalue weighted by Gasteiger charge is -2.18. The van der Waals surface area contributed by atoms with Crippen LogP contribution in [-0.2, 0) is 0 Å². The van der Waals surface area contributed by atoms with E-state index in [1.165, 1.54) is 25.7 Å². The van der Waals surface area contributed by atoms with Gasteiger partial charge >= 0.3 is 0 Å². The van der Waals surface area contributed by atoms with Crippen molar-refractivity contribution in [1.82, 2.24) is 0 Å². The molecule has 0 heteroatoms. The molecule has 0 radical (unpaired) electrons. The first kappa shape index (κ1) is 14.0. The fourth-order valence-electron chi connectivity index (χ4n) is 1.64. The Morgan fingerprint density at radius 1 is 0.643 bits per heavy atom.